The van der Waals surface area contributed by atoms with Crippen LogP contribution >= 0.6 is 11.6 Å². The number of hydrogen-bond donors (Lipinski definition) is 0. The molecule has 0 bridgehead atoms. The SMILES string of the molecule is C=CCC(=O)c1cc(Cl)ccc1OC. The van der Waals surface area contributed by atoms with E-state index in [2.05, 4.69) is 6.58 Å². The largest absolute Gasteiger partial charge is 0.496 e. The molecule has 0 unspecified atom stereocenters. The molecule has 0 atom stereocenters. The molecular weight excluding hydrogens is 200 g/mol. The summed E-state index contributed by atoms with van der Waals surface area (Å²) in [5.41, 5.74) is 0.500. The van der Waals surface area contributed by atoms with E-state index in [4.69, 9.17) is 16.3 Å². The Morgan fingerprint density at radius 3 is 2.93 bits per heavy atom. The van der Waals surface area contributed by atoms with Crippen LogP contribution in [0.1, 0.15) is 16.8 Å². The Morgan fingerprint density at radius 2 is 2.36 bits per heavy atom. The third-order valence-corrected chi connectivity index (χ3v) is 2.03. The molecule has 0 saturated heterocycles. The van der Waals surface area contributed by atoms with Gasteiger partial charge in [-0.3, -0.25) is 4.79 Å². The van der Waals surface area contributed by atoms with E-state index >= 15 is 0 Å². The Balaban J connectivity index is 3.09. The summed E-state index contributed by atoms with van der Waals surface area (Å²) >= 11 is 5.78. The van der Waals surface area contributed by atoms with Crippen molar-refractivity contribution in [3.05, 3.63) is 41.4 Å². The zero-order valence-corrected chi connectivity index (χ0v) is 8.67. The van der Waals surface area contributed by atoms with Gasteiger partial charge in [-0.25, -0.2) is 0 Å². The molecule has 3 heteroatoms. The number of ether oxygens (including phenoxy) is 1. The number of ketones is 1. The highest BCUT2D eigenvalue weighted by atomic mass is 35.5. The fourth-order valence-corrected chi connectivity index (χ4v) is 1.31. The van der Waals surface area contributed by atoms with E-state index in [0.717, 1.165) is 0 Å². The highest BCUT2D eigenvalue weighted by Crippen LogP contribution is 2.23. The van der Waals surface area contributed by atoms with Crippen molar-refractivity contribution < 1.29 is 9.53 Å². The van der Waals surface area contributed by atoms with Crippen molar-refractivity contribution in [2.75, 3.05) is 7.11 Å². The maximum atomic E-state index is 11.6. The van der Waals surface area contributed by atoms with Crippen LogP contribution in [-0.4, -0.2) is 12.9 Å². The van der Waals surface area contributed by atoms with E-state index in [9.17, 15) is 4.79 Å². The molecule has 0 saturated carbocycles. The van der Waals surface area contributed by atoms with Crippen LogP contribution in [0.15, 0.2) is 30.9 Å². The minimum absolute atomic E-state index is 0.0423. The van der Waals surface area contributed by atoms with Gasteiger partial charge in [0.15, 0.2) is 5.78 Å². The molecule has 0 fully saturated rings. The molecule has 1 aromatic carbocycles. The predicted octanol–water partition coefficient (Wildman–Crippen LogP) is 3.11. The normalized spacial score (nSPS) is 9.57. The smallest absolute Gasteiger partial charge is 0.170 e. The summed E-state index contributed by atoms with van der Waals surface area (Å²) in [6.45, 7) is 3.51. The zero-order chi connectivity index (χ0) is 10.6. The van der Waals surface area contributed by atoms with E-state index in [0.29, 0.717) is 16.3 Å². The maximum Gasteiger partial charge on any atom is 0.170 e. The van der Waals surface area contributed by atoms with Crippen LogP contribution in [0.3, 0.4) is 0 Å². The third kappa shape index (κ3) is 2.36. The minimum atomic E-state index is -0.0423. The first kappa shape index (κ1) is 10.8. The van der Waals surface area contributed by atoms with Gasteiger partial charge >= 0.3 is 0 Å². The second kappa shape index (κ2) is 4.82. The van der Waals surface area contributed by atoms with Crippen LogP contribution in [-0.2, 0) is 0 Å². The Kier molecular flexibility index (Phi) is 3.72. The number of allylic oxidation sites excluding steroid dienone is 1. The fourth-order valence-electron chi connectivity index (χ4n) is 1.14. The molecule has 74 valence electrons. The van der Waals surface area contributed by atoms with Gasteiger partial charge in [0.05, 0.1) is 12.7 Å². The summed E-state index contributed by atoms with van der Waals surface area (Å²) in [6.07, 6.45) is 1.85. The molecule has 0 aliphatic rings. The van der Waals surface area contributed by atoms with Crippen molar-refractivity contribution in [3.8, 4) is 5.75 Å². The van der Waals surface area contributed by atoms with Gasteiger partial charge in [0.1, 0.15) is 5.75 Å². The first-order valence-electron chi connectivity index (χ1n) is 4.16. The lowest BCUT2D eigenvalue weighted by atomic mass is 10.1. The average Bonchev–Trinajstić information content (AvgIpc) is 2.18. The zero-order valence-electron chi connectivity index (χ0n) is 7.92. The van der Waals surface area contributed by atoms with Crippen LogP contribution in [0.2, 0.25) is 5.02 Å². The first-order valence-corrected chi connectivity index (χ1v) is 4.54. The Hall–Kier alpha value is -1.28. The summed E-state index contributed by atoms with van der Waals surface area (Å²) < 4.78 is 5.05. The van der Waals surface area contributed by atoms with E-state index < -0.39 is 0 Å². The summed E-state index contributed by atoms with van der Waals surface area (Å²) in [6, 6.07) is 4.97. The van der Waals surface area contributed by atoms with E-state index in [1.165, 1.54) is 7.11 Å². The van der Waals surface area contributed by atoms with Crippen molar-refractivity contribution >= 4 is 17.4 Å². The summed E-state index contributed by atoms with van der Waals surface area (Å²) in [5.74, 6) is 0.501. The number of benzene rings is 1. The lowest BCUT2D eigenvalue weighted by Gasteiger charge is -2.06. The topological polar surface area (TPSA) is 26.3 Å². The van der Waals surface area contributed by atoms with E-state index in [1.807, 2.05) is 0 Å². The maximum absolute atomic E-state index is 11.6. The number of halogens is 1. The number of methoxy groups -OCH3 is 1. The van der Waals surface area contributed by atoms with E-state index in [-0.39, 0.29) is 12.2 Å². The van der Waals surface area contributed by atoms with Crippen LogP contribution < -0.4 is 4.74 Å². The number of rotatable bonds is 4. The molecule has 1 rings (SSSR count). The molecule has 0 radical (unpaired) electrons. The third-order valence-electron chi connectivity index (χ3n) is 1.79. The number of Topliss-reactive ketones (excluding diaryl/α,β-unsaturated/α-hetero) is 1. The van der Waals surface area contributed by atoms with Crippen LogP contribution in [0, 0.1) is 0 Å². The molecular formula is C11H11ClO2. The van der Waals surface area contributed by atoms with Gasteiger partial charge in [0.25, 0.3) is 0 Å². The molecule has 0 N–H and O–H groups in total. The lowest BCUT2D eigenvalue weighted by Crippen LogP contribution is -2.00. The van der Waals surface area contributed by atoms with Gasteiger partial charge in [-0.15, -0.1) is 6.58 Å². The van der Waals surface area contributed by atoms with Crippen LogP contribution in [0.25, 0.3) is 0 Å². The van der Waals surface area contributed by atoms with E-state index in [1.54, 1.807) is 24.3 Å². The summed E-state index contributed by atoms with van der Waals surface area (Å²) in [4.78, 5) is 11.6. The van der Waals surface area contributed by atoms with Crippen LogP contribution in [0.5, 0.6) is 5.75 Å². The molecule has 0 aliphatic heterocycles. The predicted molar refractivity (Wildman–Crippen MR) is 57.1 cm³/mol. The molecule has 0 spiro atoms. The van der Waals surface area contributed by atoms with Crippen molar-refractivity contribution in [1.29, 1.82) is 0 Å². The van der Waals surface area contributed by atoms with Crippen molar-refractivity contribution in [2.24, 2.45) is 0 Å². The number of carbonyl (C=O) groups excluding carboxylic acids is 1. The highest BCUT2D eigenvalue weighted by Gasteiger charge is 2.10. The number of carbonyl (C=O) groups is 1. The Labute approximate surface area is 88.1 Å². The fraction of sp³-hybridized carbons (Fsp3) is 0.182. The van der Waals surface area contributed by atoms with Crippen molar-refractivity contribution in [1.82, 2.24) is 0 Å². The second-order valence-corrected chi connectivity index (χ2v) is 3.20. The van der Waals surface area contributed by atoms with Gasteiger partial charge in [-0.2, -0.15) is 0 Å². The van der Waals surface area contributed by atoms with Crippen molar-refractivity contribution in [3.63, 3.8) is 0 Å². The number of hydrogen-bond acceptors (Lipinski definition) is 2. The van der Waals surface area contributed by atoms with Gasteiger partial charge in [0, 0.05) is 11.4 Å². The molecule has 1 aromatic rings. The molecule has 0 heterocycles. The van der Waals surface area contributed by atoms with Crippen LogP contribution in [0.4, 0.5) is 0 Å². The second-order valence-electron chi connectivity index (χ2n) is 2.76. The standard InChI is InChI=1S/C11H11ClO2/c1-3-4-10(13)9-7-8(12)5-6-11(9)14-2/h3,5-7H,1,4H2,2H3. The van der Waals surface area contributed by atoms with Gasteiger partial charge in [-0.05, 0) is 18.2 Å². The summed E-state index contributed by atoms with van der Waals surface area (Å²) in [7, 11) is 1.52. The molecule has 2 nitrogen and oxygen atoms in total. The Bertz CT molecular complexity index is 358. The molecule has 14 heavy (non-hydrogen) atoms. The first-order chi connectivity index (χ1) is 6.69. The summed E-state index contributed by atoms with van der Waals surface area (Å²) in [5, 5.41) is 0.526. The molecule has 0 aromatic heterocycles. The highest BCUT2D eigenvalue weighted by molar-refractivity contribution is 6.31. The molecule has 0 aliphatic carbocycles. The molecule has 0 amide bonds. The monoisotopic (exact) mass is 210 g/mol. The van der Waals surface area contributed by atoms with Gasteiger partial charge < -0.3 is 4.74 Å². The average molecular weight is 211 g/mol. The van der Waals surface area contributed by atoms with Crippen molar-refractivity contribution in [2.45, 2.75) is 6.42 Å². The Morgan fingerprint density at radius 1 is 1.64 bits per heavy atom. The minimum Gasteiger partial charge on any atom is -0.496 e. The lowest BCUT2D eigenvalue weighted by molar-refractivity contribution is 0.0993. The quantitative estimate of drug-likeness (QED) is 0.564. The van der Waals surface area contributed by atoms with Gasteiger partial charge in [0.2, 0.25) is 0 Å². The van der Waals surface area contributed by atoms with Gasteiger partial charge in [-0.1, -0.05) is 17.7 Å².